The zero-order chi connectivity index (χ0) is 14.4. The molecule has 0 fully saturated rings. The molecular formula is C11H14BrN3O4S. The van der Waals surface area contributed by atoms with E-state index < -0.39 is 11.9 Å². The van der Waals surface area contributed by atoms with Gasteiger partial charge in [-0.25, -0.2) is 14.6 Å². The standard InChI is InChI=1S/C11H13N3O4S.BrH/c1-17-9(15)7-3-6(5-19-11(12)13)4-8(14-7)10(16)18-2;/h3-4H,5H2,1-2H3,(H3,12,13);1H. The van der Waals surface area contributed by atoms with Crippen LogP contribution in [0.2, 0.25) is 0 Å². The van der Waals surface area contributed by atoms with Gasteiger partial charge in [0.05, 0.1) is 14.2 Å². The van der Waals surface area contributed by atoms with Crippen molar-refractivity contribution in [1.82, 2.24) is 4.98 Å². The minimum Gasteiger partial charge on any atom is -0.464 e. The maximum absolute atomic E-state index is 11.5. The smallest absolute Gasteiger partial charge is 0.356 e. The number of rotatable bonds is 4. The molecule has 0 aliphatic heterocycles. The van der Waals surface area contributed by atoms with Gasteiger partial charge in [-0.15, -0.1) is 17.0 Å². The van der Waals surface area contributed by atoms with Crippen LogP contribution in [-0.4, -0.2) is 36.3 Å². The number of carbonyl (C=O) groups excluding carboxylic acids is 2. The summed E-state index contributed by atoms with van der Waals surface area (Å²) in [7, 11) is 2.44. The fraction of sp³-hybridized carbons (Fsp3) is 0.273. The summed E-state index contributed by atoms with van der Waals surface area (Å²) in [5.74, 6) is -0.967. The van der Waals surface area contributed by atoms with Crippen LogP contribution in [0.3, 0.4) is 0 Å². The van der Waals surface area contributed by atoms with Crippen molar-refractivity contribution in [3.05, 3.63) is 29.1 Å². The topological polar surface area (TPSA) is 115 Å². The molecule has 0 radical (unpaired) electrons. The summed E-state index contributed by atoms with van der Waals surface area (Å²) in [4.78, 5) is 26.8. The van der Waals surface area contributed by atoms with Gasteiger partial charge in [0.25, 0.3) is 0 Å². The Morgan fingerprint density at radius 1 is 1.25 bits per heavy atom. The van der Waals surface area contributed by atoms with Crippen molar-refractivity contribution >= 4 is 45.8 Å². The number of pyridine rings is 1. The van der Waals surface area contributed by atoms with E-state index in [0.717, 1.165) is 11.8 Å². The lowest BCUT2D eigenvalue weighted by Gasteiger charge is -2.06. The first-order valence-corrected chi connectivity index (χ1v) is 6.11. The van der Waals surface area contributed by atoms with E-state index in [1.807, 2.05) is 0 Å². The van der Waals surface area contributed by atoms with Crippen molar-refractivity contribution in [3.63, 3.8) is 0 Å². The number of nitrogens with zero attached hydrogens (tertiary/aromatic N) is 1. The highest BCUT2D eigenvalue weighted by Gasteiger charge is 2.15. The predicted octanol–water partition coefficient (Wildman–Crippen LogP) is 1.36. The quantitative estimate of drug-likeness (QED) is 0.471. The minimum absolute atomic E-state index is 0. The molecular weight excluding hydrogens is 350 g/mol. The van der Waals surface area contributed by atoms with Crippen molar-refractivity contribution in [3.8, 4) is 0 Å². The Hall–Kier alpha value is -1.61. The third-order valence-electron chi connectivity index (χ3n) is 2.07. The Kier molecular flexibility index (Phi) is 7.85. The Morgan fingerprint density at radius 3 is 2.05 bits per heavy atom. The normalized spacial score (nSPS) is 9.30. The van der Waals surface area contributed by atoms with Crippen LogP contribution in [-0.2, 0) is 15.2 Å². The molecule has 0 saturated heterocycles. The first-order chi connectivity index (χ1) is 8.97. The average molecular weight is 364 g/mol. The van der Waals surface area contributed by atoms with Gasteiger partial charge in [0.1, 0.15) is 11.4 Å². The molecule has 0 aromatic carbocycles. The maximum Gasteiger partial charge on any atom is 0.356 e. The highest BCUT2D eigenvalue weighted by Crippen LogP contribution is 2.15. The van der Waals surface area contributed by atoms with Gasteiger partial charge in [-0.05, 0) is 17.7 Å². The summed E-state index contributed by atoms with van der Waals surface area (Å²) < 4.78 is 9.12. The molecule has 0 aliphatic rings. The summed E-state index contributed by atoms with van der Waals surface area (Å²) in [6.07, 6.45) is 0. The Labute approximate surface area is 130 Å². The lowest BCUT2D eigenvalue weighted by atomic mass is 10.2. The molecule has 0 bridgehead atoms. The first kappa shape index (κ1) is 18.4. The monoisotopic (exact) mass is 363 g/mol. The van der Waals surface area contributed by atoms with E-state index in [1.165, 1.54) is 26.4 Å². The molecule has 9 heteroatoms. The van der Waals surface area contributed by atoms with Crippen LogP contribution in [0.4, 0.5) is 0 Å². The Morgan fingerprint density at radius 2 is 1.70 bits per heavy atom. The number of carbonyl (C=O) groups is 2. The molecule has 0 saturated carbocycles. The van der Waals surface area contributed by atoms with Crippen molar-refractivity contribution in [2.75, 3.05) is 14.2 Å². The number of hydrogen-bond donors (Lipinski definition) is 2. The number of esters is 2. The summed E-state index contributed by atoms with van der Waals surface area (Å²) in [5.41, 5.74) is 5.87. The number of nitrogens with one attached hydrogen (secondary N) is 1. The summed E-state index contributed by atoms with van der Waals surface area (Å²) in [6.45, 7) is 0. The molecule has 7 nitrogen and oxygen atoms in total. The third kappa shape index (κ3) is 5.17. The molecule has 0 amide bonds. The number of ether oxygens (including phenoxy) is 2. The molecule has 0 unspecified atom stereocenters. The highest BCUT2D eigenvalue weighted by molar-refractivity contribution is 8.93. The van der Waals surface area contributed by atoms with Crippen molar-refractivity contribution < 1.29 is 19.1 Å². The summed E-state index contributed by atoms with van der Waals surface area (Å²) in [5, 5.41) is 7.07. The predicted molar refractivity (Wildman–Crippen MR) is 80.4 cm³/mol. The summed E-state index contributed by atoms with van der Waals surface area (Å²) in [6, 6.07) is 2.96. The van der Waals surface area contributed by atoms with Crippen molar-refractivity contribution in [2.24, 2.45) is 5.73 Å². The highest BCUT2D eigenvalue weighted by atomic mass is 79.9. The van der Waals surface area contributed by atoms with Gasteiger partial charge in [0.2, 0.25) is 0 Å². The lowest BCUT2D eigenvalue weighted by molar-refractivity contribution is 0.0585. The largest absolute Gasteiger partial charge is 0.464 e. The van der Waals surface area contributed by atoms with E-state index in [-0.39, 0.29) is 33.5 Å². The molecule has 0 atom stereocenters. The fourth-order valence-electron chi connectivity index (χ4n) is 1.25. The summed E-state index contributed by atoms with van der Waals surface area (Å²) >= 11 is 1.07. The molecule has 1 heterocycles. The van der Waals surface area contributed by atoms with Gasteiger partial charge in [0, 0.05) is 5.75 Å². The van der Waals surface area contributed by atoms with Gasteiger partial charge in [0.15, 0.2) is 5.17 Å². The lowest BCUT2D eigenvalue weighted by Crippen LogP contribution is -2.12. The number of hydrogen-bond acceptors (Lipinski definition) is 7. The van der Waals surface area contributed by atoms with Crippen molar-refractivity contribution in [1.29, 1.82) is 5.41 Å². The molecule has 0 aliphatic carbocycles. The molecule has 1 aromatic heterocycles. The molecule has 110 valence electrons. The molecule has 0 spiro atoms. The van der Waals surface area contributed by atoms with E-state index in [4.69, 9.17) is 11.1 Å². The van der Waals surface area contributed by atoms with E-state index in [9.17, 15) is 9.59 Å². The van der Waals surface area contributed by atoms with Gasteiger partial charge in [-0.3, -0.25) is 5.41 Å². The number of amidine groups is 1. The van der Waals surface area contributed by atoms with Crippen LogP contribution in [0.5, 0.6) is 0 Å². The van der Waals surface area contributed by atoms with Gasteiger partial charge >= 0.3 is 11.9 Å². The molecule has 20 heavy (non-hydrogen) atoms. The second kappa shape index (κ2) is 8.54. The molecule has 3 N–H and O–H groups in total. The van der Waals surface area contributed by atoms with Crippen LogP contribution in [0.1, 0.15) is 26.5 Å². The molecule has 1 aromatic rings. The SMILES string of the molecule is Br.COC(=O)c1cc(CSC(=N)N)cc(C(=O)OC)n1. The maximum atomic E-state index is 11.5. The third-order valence-corrected chi connectivity index (χ3v) is 2.86. The van der Waals surface area contributed by atoms with E-state index in [2.05, 4.69) is 14.5 Å². The number of halogens is 1. The van der Waals surface area contributed by atoms with Crippen LogP contribution in [0.25, 0.3) is 0 Å². The van der Waals surface area contributed by atoms with Gasteiger partial charge in [-0.1, -0.05) is 11.8 Å². The zero-order valence-electron chi connectivity index (χ0n) is 10.8. The number of methoxy groups -OCH3 is 2. The average Bonchev–Trinajstić information content (AvgIpc) is 2.42. The molecule has 1 rings (SSSR count). The number of nitrogens with two attached hydrogens (primary N) is 1. The zero-order valence-corrected chi connectivity index (χ0v) is 13.4. The van der Waals surface area contributed by atoms with Gasteiger partial charge in [-0.2, -0.15) is 0 Å². The minimum atomic E-state index is -0.653. The van der Waals surface area contributed by atoms with Crippen LogP contribution < -0.4 is 5.73 Å². The number of aromatic nitrogens is 1. The second-order valence-electron chi connectivity index (χ2n) is 3.38. The fourth-order valence-corrected chi connectivity index (χ4v) is 1.74. The number of thioether (sulfide) groups is 1. The van der Waals surface area contributed by atoms with E-state index in [1.54, 1.807) is 0 Å². The Bertz CT molecular complexity index is 490. The van der Waals surface area contributed by atoms with E-state index in [0.29, 0.717) is 11.3 Å². The van der Waals surface area contributed by atoms with Gasteiger partial charge < -0.3 is 15.2 Å². The van der Waals surface area contributed by atoms with Crippen LogP contribution >= 0.6 is 28.7 Å². The second-order valence-corrected chi connectivity index (χ2v) is 4.40. The van der Waals surface area contributed by atoms with Crippen molar-refractivity contribution in [2.45, 2.75) is 5.75 Å². The first-order valence-electron chi connectivity index (χ1n) is 5.12. The van der Waals surface area contributed by atoms with E-state index >= 15 is 0 Å². The van der Waals surface area contributed by atoms with Crippen LogP contribution in [0.15, 0.2) is 12.1 Å². The Balaban J connectivity index is 0.00000361. The van der Waals surface area contributed by atoms with Crippen LogP contribution in [0, 0.1) is 5.41 Å².